The number of carboxylic acids is 1. The third-order valence-corrected chi connectivity index (χ3v) is 2.01. The predicted molar refractivity (Wildman–Crippen MR) is 53.1 cm³/mol. The summed E-state index contributed by atoms with van der Waals surface area (Å²) in [7, 11) is 0. The van der Waals surface area contributed by atoms with Gasteiger partial charge in [0.25, 0.3) is 0 Å². The zero-order valence-electron chi connectivity index (χ0n) is 9.49. The minimum absolute atomic E-state index is 0.201. The maximum absolute atomic E-state index is 12.2. The Morgan fingerprint density at radius 1 is 1.35 bits per heavy atom. The Kier molecular flexibility index (Phi) is 5.40. The molecule has 3 N–H and O–H groups in total. The molecule has 8 heteroatoms. The number of hydrogen-bond donors (Lipinski definition) is 2. The molecule has 100 valence electrons. The van der Waals surface area contributed by atoms with E-state index in [9.17, 15) is 22.8 Å². The minimum Gasteiger partial charge on any atom is -0.480 e. The zero-order valence-corrected chi connectivity index (χ0v) is 9.49. The number of alkyl halides is 3. The SMILES string of the molecule is CC(C)[C@@H](N)C(=O)N(CC(=O)O)CC(F)(F)F. The highest BCUT2D eigenvalue weighted by Gasteiger charge is 2.36. The van der Waals surface area contributed by atoms with Gasteiger partial charge < -0.3 is 15.7 Å². The van der Waals surface area contributed by atoms with Crippen LogP contribution in [0.25, 0.3) is 0 Å². The van der Waals surface area contributed by atoms with Gasteiger partial charge >= 0.3 is 12.1 Å². The highest BCUT2D eigenvalue weighted by Crippen LogP contribution is 2.17. The molecule has 0 radical (unpaired) electrons. The molecule has 0 aliphatic rings. The summed E-state index contributed by atoms with van der Waals surface area (Å²) in [5.41, 5.74) is 5.40. The highest BCUT2D eigenvalue weighted by molar-refractivity contribution is 5.85. The molecule has 0 aromatic rings. The van der Waals surface area contributed by atoms with Crippen LogP contribution in [0.1, 0.15) is 13.8 Å². The van der Waals surface area contributed by atoms with Crippen LogP contribution in [0.15, 0.2) is 0 Å². The van der Waals surface area contributed by atoms with Gasteiger partial charge in [0.2, 0.25) is 5.91 Å². The van der Waals surface area contributed by atoms with Gasteiger partial charge in [-0.15, -0.1) is 0 Å². The number of nitrogens with two attached hydrogens (primary N) is 1. The van der Waals surface area contributed by atoms with Crippen molar-refractivity contribution in [3.63, 3.8) is 0 Å². The fourth-order valence-corrected chi connectivity index (χ4v) is 1.09. The Hall–Kier alpha value is -1.31. The molecule has 0 spiro atoms. The maximum Gasteiger partial charge on any atom is 0.406 e. The third kappa shape index (κ3) is 6.10. The summed E-state index contributed by atoms with van der Waals surface area (Å²) in [6.07, 6.45) is -4.65. The molecule has 0 saturated heterocycles. The van der Waals surface area contributed by atoms with Crippen molar-refractivity contribution >= 4 is 11.9 Å². The number of carboxylic acid groups (broad SMARTS) is 1. The van der Waals surface area contributed by atoms with Crippen LogP contribution in [0.5, 0.6) is 0 Å². The first-order chi connectivity index (χ1) is 7.54. The van der Waals surface area contributed by atoms with Gasteiger partial charge in [-0.2, -0.15) is 13.2 Å². The molecule has 1 atom stereocenters. The molecule has 1 amide bonds. The number of rotatable bonds is 5. The number of hydrogen-bond acceptors (Lipinski definition) is 3. The summed E-state index contributed by atoms with van der Waals surface area (Å²) in [6, 6.07) is -1.14. The molecule has 0 aromatic heterocycles. The molecule has 0 aliphatic heterocycles. The predicted octanol–water partition coefficient (Wildman–Crippen LogP) is 0.445. The van der Waals surface area contributed by atoms with Crippen molar-refractivity contribution < 1.29 is 27.9 Å². The number of aliphatic carboxylic acids is 1. The number of nitrogens with zero attached hydrogens (tertiary/aromatic N) is 1. The Morgan fingerprint density at radius 3 is 2.12 bits per heavy atom. The second kappa shape index (κ2) is 5.85. The lowest BCUT2D eigenvalue weighted by atomic mass is 10.0. The maximum atomic E-state index is 12.2. The second-order valence-electron chi connectivity index (χ2n) is 3.97. The number of carbonyl (C=O) groups is 2. The summed E-state index contributed by atoms with van der Waals surface area (Å²) in [4.78, 5) is 22.1. The molecule has 17 heavy (non-hydrogen) atoms. The van der Waals surface area contributed by atoms with Gasteiger partial charge in [-0.1, -0.05) is 13.8 Å². The van der Waals surface area contributed by atoms with Gasteiger partial charge in [0.05, 0.1) is 6.04 Å². The van der Waals surface area contributed by atoms with Crippen molar-refractivity contribution in [2.75, 3.05) is 13.1 Å². The van der Waals surface area contributed by atoms with E-state index in [-0.39, 0.29) is 10.8 Å². The van der Waals surface area contributed by atoms with E-state index in [0.29, 0.717) is 0 Å². The smallest absolute Gasteiger partial charge is 0.406 e. The van der Waals surface area contributed by atoms with Crippen molar-refractivity contribution in [1.82, 2.24) is 4.90 Å². The summed E-state index contributed by atoms with van der Waals surface area (Å²) in [6.45, 7) is 0.502. The van der Waals surface area contributed by atoms with Crippen LogP contribution in [0.4, 0.5) is 13.2 Å². The van der Waals surface area contributed by atoms with Crippen molar-refractivity contribution in [2.24, 2.45) is 11.7 Å². The molecule has 5 nitrogen and oxygen atoms in total. The zero-order chi connectivity index (χ0) is 13.8. The average Bonchev–Trinajstić information content (AvgIpc) is 2.11. The first-order valence-corrected chi connectivity index (χ1v) is 4.87. The first-order valence-electron chi connectivity index (χ1n) is 4.87. The van der Waals surface area contributed by atoms with Gasteiger partial charge in [-0.05, 0) is 5.92 Å². The van der Waals surface area contributed by atoms with Crippen LogP contribution in [0, 0.1) is 5.92 Å². The molecule has 0 heterocycles. The topological polar surface area (TPSA) is 83.6 Å². The average molecular weight is 256 g/mol. The Labute approximate surface area is 96.4 Å². The largest absolute Gasteiger partial charge is 0.480 e. The second-order valence-corrected chi connectivity index (χ2v) is 3.97. The van der Waals surface area contributed by atoms with E-state index in [4.69, 9.17) is 10.8 Å². The van der Waals surface area contributed by atoms with Gasteiger partial charge in [-0.25, -0.2) is 0 Å². The normalized spacial score (nSPS) is 13.6. The van der Waals surface area contributed by atoms with E-state index >= 15 is 0 Å². The molecular weight excluding hydrogens is 241 g/mol. The van der Waals surface area contributed by atoms with E-state index in [1.807, 2.05) is 0 Å². The Bertz CT molecular complexity index is 292. The van der Waals surface area contributed by atoms with Crippen molar-refractivity contribution in [3.8, 4) is 0 Å². The number of carbonyl (C=O) groups excluding carboxylic acids is 1. The molecule has 0 fully saturated rings. The first kappa shape index (κ1) is 15.7. The van der Waals surface area contributed by atoms with Gasteiger partial charge in [-0.3, -0.25) is 9.59 Å². The van der Waals surface area contributed by atoms with Gasteiger partial charge in [0, 0.05) is 0 Å². The van der Waals surface area contributed by atoms with Crippen molar-refractivity contribution in [3.05, 3.63) is 0 Å². The van der Waals surface area contributed by atoms with Gasteiger partial charge in [0.15, 0.2) is 0 Å². The molecule has 0 unspecified atom stereocenters. The molecule has 0 rings (SSSR count). The fraction of sp³-hybridized carbons (Fsp3) is 0.778. The lowest BCUT2D eigenvalue weighted by Gasteiger charge is -2.26. The van der Waals surface area contributed by atoms with E-state index in [2.05, 4.69) is 0 Å². The standard InChI is InChI=1S/C9H15F3N2O3/c1-5(2)7(13)8(17)14(3-6(15)16)4-9(10,11)12/h5,7H,3-4,13H2,1-2H3,(H,15,16)/t7-/m1/s1. The van der Waals surface area contributed by atoms with E-state index in [0.717, 1.165) is 0 Å². The lowest BCUT2D eigenvalue weighted by molar-refractivity contribution is -0.166. The summed E-state index contributed by atoms with van der Waals surface area (Å²) in [5.74, 6) is -2.90. The quantitative estimate of drug-likeness (QED) is 0.747. The van der Waals surface area contributed by atoms with Crippen LogP contribution >= 0.6 is 0 Å². The summed E-state index contributed by atoms with van der Waals surface area (Å²) in [5, 5.41) is 8.45. The van der Waals surface area contributed by atoms with Crippen LogP contribution in [0.2, 0.25) is 0 Å². The monoisotopic (exact) mass is 256 g/mol. The lowest BCUT2D eigenvalue weighted by Crippen LogP contribution is -2.51. The number of amides is 1. The van der Waals surface area contributed by atoms with Crippen LogP contribution in [-0.2, 0) is 9.59 Å². The van der Waals surface area contributed by atoms with Crippen LogP contribution in [0.3, 0.4) is 0 Å². The van der Waals surface area contributed by atoms with E-state index in [1.165, 1.54) is 0 Å². The summed E-state index contributed by atoms with van der Waals surface area (Å²) >= 11 is 0. The van der Waals surface area contributed by atoms with Crippen LogP contribution in [-0.4, -0.2) is 47.2 Å². The van der Waals surface area contributed by atoms with E-state index < -0.39 is 37.2 Å². The van der Waals surface area contributed by atoms with Crippen molar-refractivity contribution in [2.45, 2.75) is 26.1 Å². The van der Waals surface area contributed by atoms with Crippen molar-refractivity contribution in [1.29, 1.82) is 0 Å². The van der Waals surface area contributed by atoms with E-state index in [1.54, 1.807) is 13.8 Å². The van der Waals surface area contributed by atoms with Gasteiger partial charge in [0.1, 0.15) is 13.1 Å². The Morgan fingerprint density at radius 2 is 1.82 bits per heavy atom. The molecule has 0 saturated carbocycles. The fourth-order valence-electron chi connectivity index (χ4n) is 1.09. The molecule has 0 aliphatic carbocycles. The Balaban J connectivity index is 4.79. The highest BCUT2D eigenvalue weighted by atomic mass is 19.4. The molecule has 0 bridgehead atoms. The summed E-state index contributed by atoms with van der Waals surface area (Å²) < 4.78 is 36.5. The molecular formula is C9H15F3N2O3. The van der Waals surface area contributed by atoms with Crippen LogP contribution < -0.4 is 5.73 Å². The minimum atomic E-state index is -4.65. The molecule has 0 aromatic carbocycles. The number of halogens is 3. The third-order valence-electron chi connectivity index (χ3n) is 2.01.